The molecular weight excluding hydrogens is 458 g/mol. The molecule has 3 heterocycles. The summed E-state index contributed by atoms with van der Waals surface area (Å²) < 4.78 is 0. The first-order valence-corrected chi connectivity index (χ1v) is 12.5. The van der Waals surface area contributed by atoms with Gasteiger partial charge in [-0.25, -0.2) is 0 Å². The van der Waals surface area contributed by atoms with Crippen LogP contribution in [0.2, 0.25) is 5.02 Å². The second-order valence-electron chi connectivity index (χ2n) is 9.04. The molecule has 172 valence electrons. The maximum atomic E-state index is 13.4. The molecule has 1 N–H and O–H groups in total. The summed E-state index contributed by atoms with van der Waals surface area (Å²) in [5.41, 5.74) is 3.45. The maximum Gasteiger partial charge on any atom is 0.276 e. The van der Waals surface area contributed by atoms with Crippen LogP contribution in [0.1, 0.15) is 43.5 Å². The summed E-state index contributed by atoms with van der Waals surface area (Å²) in [5.74, 6) is -0.796. The number of ketones is 1. The lowest BCUT2D eigenvalue weighted by Gasteiger charge is -2.52. The minimum absolute atomic E-state index is 0.0657. The maximum absolute atomic E-state index is 13.4. The van der Waals surface area contributed by atoms with Gasteiger partial charge in [0, 0.05) is 29.2 Å². The van der Waals surface area contributed by atoms with Crippen molar-refractivity contribution < 1.29 is 14.7 Å². The molecule has 6 nitrogen and oxygen atoms in total. The normalized spacial score (nSPS) is 23.4. The molecule has 3 aliphatic rings. The van der Waals surface area contributed by atoms with E-state index < -0.39 is 11.7 Å². The van der Waals surface area contributed by atoms with E-state index in [9.17, 15) is 14.7 Å². The van der Waals surface area contributed by atoms with E-state index in [-0.39, 0.29) is 29.5 Å². The Morgan fingerprint density at radius 1 is 1.09 bits per heavy atom. The molecule has 5 rings (SSSR count). The molecule has 0 aromatic heterocycles. The highest BCUT2D eigenvalue weighted by atomic mass is 35.5. The molecule has 2 aromatic rings. The molecule has 2 aromatic carbocycles. The molecule has 0 spiro atoms. The fourth-order valence-electron chi connectivity index (χ4n) is 4.87. The van der Waals surface area contributed by atoms with Crippen LogP contribution in [-0.2, 0) is 15.3 Å². The number of carbonyl (C=O) groups excluding carboxylic acids is 2. The number of fused-ring (bicyclic) bond motifs is 3. The Bertz CT molecular complexity index is 1180. The van der Waals surface area contributed by atoms with Crippen LogP contribution in [0.3, 0.4) is 0 Å². The van der Waals surface area contributed by atoms with E-state index >= 15 is 0 Å². The number of Topliss-reactive ketones (excluding diaryl/α,β-unsaturated/α-hetero) is 1. The van der Waals surface area contributed by atoms with Gasteiger partial charge in [-0.3, -0.25) is 14.6 Å². The summed E-state index contributed by atoms with van der Waals surface area (Å²) in [6.45, 7) is 6.34. The highest BCUT2D eigenvalue weighted by molar-refractivity contribution is 7.98. The second kappa shape index (κ2) is 8.38. The predicted octanol–water partition coefficient (Wildman–Crippen LogP) is 4.75. The van der Waals surface area contributed by atoms with Gasteiger partial charge in [0.05, 0.1) is 17.7 Å². The van der Waals surface area contributed by atoms with Crippen molar-refractivity contribution in [3.63, 3.8) is 0 Å². The van der Waals surface area contributed by atoms with Crippen LogP contribution >= 0.6 is 23.4 Å². The largest absolute Gasteiger partial charge is 0.503 e. The van der Waals surface area contributed by atoms with Crippen molar-refractivity contribution in [2.45, 2.75) is 43.5 Å². The number of hydrogen-bond donors (Lipinski definition) is 1. The quantitative estimate of drug-likeness (QED) is 0.665. The highest BCUT2D eigenvalue weighted by Crippen LogP contribution is 2.47. The van der Waals surface area contributed by atoms with Crippen molar-refractivity contribution in [3.8, 4) is 0 Å². The van der Waals surface area contributed by atoms with Gasteiger partial charge in [0.2, 0.25) is 5.78 Å². The Morgan fingerprint density at radius 2 is 1.82 bits per heavy atom. The van der Waals surface area contributed by atoms with Crippen LogP contribution in [0.4, 0.5) is 0 Å². The zero-order chi connectivity index (χ0) is 23.4. The first-order valence-electron chi connectivity index (χ1n) is 11.1. The van der Waals surface area contributed by atoms with Gasteiger partial charge in [-0.15, -0.1) is 11.8 Å². The van der Waals surface area contributed by atoms with Crippen LogP contribution in [0.15, 0.2) is 58.8 Å². The number of allylic oxidation sites excluding steroid dienone is 1. The van der Waals surface area contributed by atoms with E-state index in [0.29, 0.717) is 18.2 Å². The average molecular weight is 484 g/mol. The Kier molecular flexibility index (Phi) is 5.67. The fourth-order valence-corrected chi connectivity index (χ4v) is 6.33. The van der Waals surface area contributed by atoms with Crippen molar-refractivity contribution in [1.29, 1.82) is 0 Å². The minimum atomic E-state index is -0.448. The number of aliphatic hydroxyl groups excluding tert-OH is 1. The smallest absolute Gasteiger partial charge is 0.276 e. The van der Waals surface area contributed by atoms with E-state index in [0.717, 1.165) is 21.8 Å². The molecule has 33 heavy (non-hydrogen) atoms. The van der Waals surface area contributed by atoms with Crippen molar-refractivity contribution >= 4 is 35.1 Å². The zero-order valence-electron chi connectivity index (χ0n) is 18.8. The van der Waals surface area contributed by atoms with Crippen LogP contribution in [0.5, 0.6) is 0 Å². The third-order valence-corrected chi connectivity index (χ3v) is 8.24. The van der Waals surface area contributed by atoms with E-state index in [1.54, 1.807) is 23.6 Å². The molecule has 8 heteroatoms. The topological polar surface area (TPSA) is 64.1 Å². The van der Waals surface area contributed by atoms with Crippen molar-refractivity contribution in [3.05, 3.63) is 75.6 Å². The molecule has 0 radical (unpaired) electrons. The van der Waals surface area contributed by atoms with Gasteiger partial charge in [-0.1, -0.05) is 54.9 Å². The van der Waals surface area contributed by atoms with Gasteiger partial charge in [0.1, 0.15) is 0 Å². The number of nitrogens with zero attached hydrogens (tertiary/aromatic N) is 3. The zero-order valence-corrected chi connectivity index (χ0v) is 20.4. The molecule has 1 fully saturated rings. The Morgan fingerprint density at radius 3 is 2.58 bits per heavy atom. The average Bonchev–Trinajstić information content (AvgIpc) is 2.95. The SMILES string of the molecule is CC1CN2C(=C(O)C1=O)C(=O)N(C(C)C)CN2C1c2ccccc2CSc2c(Cl)cccc21. The molecule has 2 unspecified atom stereocenters. The van der Waals surface area contributed by atoms with E-state index in [1.165, 1.54) is 5.56 Å². The lowest BCUT2D eigenvalue weighted by molar-refractivity contribution is -0.164. The van der Waals surface area contributed by atoms with Crippen molar-refractivity contribution in [2.75, 3.05) is 13.2 Å². The van der Waals surface area contributed by atoms with Gasteiger partial charge in [0.15, 0.2) is 11.5 Å². The van der Waals surface area contributed by atoms with Gasteiger partial charge in [-0.05, 0) is 36.6 Å². The second-order valence-corrected chi connectivity index (χ2v) is 10.4. The Hall–Kier alpha value is -2.48. The summed E-state index contributed by atoms with van der Waals surface area (Å²) in [5, 5.41) is 15.5. The molecule has 3 aliphatic heterocycles. The monoisotopic (exact) mass is 483 g/mol. The Balaban J connectivity index is 1.75. The molecule has 1 saturated heterocycles. The predicted molar refractivity (Wildman–Crippen MR) is 129 cm³/mol. The van der Waals surface area contributed by atoms with Gasteiger partial charge >= 0.3 is 0 Å². The number of benzene rings is 2. The summed E-state index contributed by atoms with van der Waals surface area (Å²) in [6.07, 6.45) is 0. The highest BCUT2D eigenvalue weighted by Gasteiger charge is 2.47. The summed E-state index contributed by atoms with van der Waals surface area (Å²) in [4.78, 5) is 28.7. The molecule has 1 amide bonds. The number of hydrazine groups is 1. The van der Waals surface area contributed by atoms with E-state index in [4.69, 9.17) is 11.6 Å². The summed E-state index contributed by atoms with van der Waals surface area (Å²) >= 11 is 8.37. The van der Waals surface area contributed by atoms with Gasteiger partial charge in [-0.2, -0.15) is 5.01 Å². The van der Waals surface area contributed by atoms with Crippen LogP contribution in [0, 0.1) is 5.92 Å². The van der Waals surface area contributed by atoms with Gasteiger partial charge < -0.3 is 10.0 Å². The summed E-state index contributed by atoms with van der Waals surface area (Å²) in [6, 6.07) is 13.9. The number of carbonyl (C=O) groups is 2. The lowest BCUT2D eigenvalue weighted by atomic mass is 9.93. The standard InChI is InChI=1S/C25H26ClN3O3S/c1-14(2)27-13-29(28-11-15(3)22(30)23(31)21(28)25(27)32)20-17-8-5-4-7-16(17)12-33-24-18(20)9-6-10-19(24)26/h4-10,14-15,20,31H,11-13H2,1-3H3. The third kappa shape index (κ3) is 3.54. The fraction of sp³-hybridized carbons (Fsp3) is 0.360. The number of halogens is 1. The van der Waals surface area contributed by atoms with Crippen LogP contribution < -0.4 is 0 Å². The van der Waals surface area contributed by atoms with Crippen LogP contribution in [-0.4, -0.2) is 51.0 Å². The van der Waals surface area contributed by atoms with E-state index in [2.05, 4.69) is 23.2 Å². The van der Waals surface area contributed by atoms with Crippen molar-refractivity contribution in [2.24, 2.45) is 5.92 Å². The number of amides is 1. The number of rotatable bonds is 2. The number of aliphatic hydroxyl groups is 1. The molecule has 2 atom stereocenters. The number of hydrogen-bond acceptors (Lipinski definition) is 6. The first kappa shape index (κ1) is 22.3. The van der Waals surface area contributed by atoms with E-state index in [1.807, 2.05) is 43.1 Å². The van der Waals surface area contributed by atoms with Crippen molar-refractivity contribution in [1.82, 2.24) is 14.9 Å². The molecule has 0 bridgehead atoms. The Labute approximate surface area is 202 Å². The lowest BCUT2D eigenvalue weighted by Crippen LogP contribution is -2.63. The minimum Gasteiger partial charge on any atom is -0.503 e. The molecular formula is C25H26ClN3O3S. The van der Waals surface area contributed by atoms with Gasteiger partial charge in [0.25, 0.3) is 5.91 Å². The third-order valence-electron chi connectivity index (χ3n) is 6.62. The summed E-state index contributed by atoms with van der Waals surface area (Å²) in [7, 11) is 0. The first-order chi connectivity index (χ1) is 15.8. The molecule has 0 saturated carbocycles. The van der Waals surface area contributed by atoms with Crippen LogP contribution in [0.25, 0.3) is 0 Å². The molecule has 0 aliphatic carbocycles. The number of thioether (sulfide) groups is 1.